The summed E-state index contributed by atoms with van der Waals surface area (Å²) >= 11 is 0. The lowest BCUT2D eigenvalue weighted by atomic mass is 10.1. The molecule has 2 aliphatic rings. The molecule has 3 aromatic rings. The lowest BCUT2D eigenvalue weighted by Gasteiger charge is -2.32. The zero-order valence-corrected chi connectivity index (χ0v) is 20.2. The van der Waals surface area contributed by atoms with Crippen molar-refractivity contribution in [1.82, 2.24) is 24.8 Å². The predicted molar refractivity (Wildman–Crippen MR) is 134 cm³/mol. The summed E-state index contributed by atoms with van der Waals surface area (Å²) in [5.41, 5.74) is 3.04. The summed E-state index contributed by atoms with van der Waals surface area (Å²) in [6.45, 7) is 4.03. The summed E-state index contributed by atoms with van der Waals surface area (Å²) in [6.07, 6.45) is 4.51. The molecule has 3 aromatic heterocycles. The maximum Gasteiger partial charge on any atom is 0.407 e. The number of alkyl carbamates (subject to hydrolysis) is 1. The van der Waals surface area contributed by atoms with Crippen LogP contribution >= 0.6 is 0 Å². The van der Waals surface area contributed by atoms with Crippen LogP contribution < -0.4 is 25.7 Å². The molecule has 0 spiro atoms. The molecule has 11 nitrogen and oxygen atoms in total. The van der Waals surface area contributed by atoms with Crippen LogP contribution in [0, 0.1) is 0 Å². The number of aromatic nitrogens is 3. The second-order valence-corrected chi connectivity index (χ2v) is 8.86. The number of hydrogen-bond donors (Lipinski definition) is 2. The van der Waals surface area contributed by atoms with Crippen molar-refractivity contribution >= 4 is 22.8 Å². The third kappa shape index (κ3) is 5.51. The van der Waals surface area contributed by atoms with E-state index in [1.165, 1.54) is 0 Å². The van der Waals surface area contributed by atoms with E-state index < -0.39 is 6.09 Å². The Balaban J connectivity index is 1.08. The van der Waals surface area contributed by atoms with Crippen molar-refractivity contribution in [2.45, 2.75) is 32.0 Å². The molecule has 11 heteroatoms. The van der Waals surface area contributed by atoms with Gasteiger partial charge in [0.15, 0.2) is 11.5 Å². The third-order valence-corrected chi connectivity index (χ3v) is 6.51. The fourth-order valence-electron chi connectivity index (χ4n) is 4.49. The highest BCUT2D eigenvalue weighted by molar-refractivity contribution is 5.78. The Hall–Kier alpha value is -3.86. The van der Waals surface area contributed by atoms with Crippen molar-refractivity contribution in [3.63, 3.8) is 0 Å². The van der Waals surface area contributed by atoms with Crippen LogP contribution in [0.1, 0.15) is 18.5 Å². The highest BCUT2D eigenvalue weighted by Crippen LogP contribution is 2.29. The number of rotatable bonds is 7. The maximum atomic E-state index is 12.5. The summed E-state index contributed by atoms with van der Waals surface area (Å²) in [4.78, 5) is 35.8. The third-order valence-electron chi connectivity index (χ3n) is 6.51. The van der Waals surface area contributed by atoms with E-state index in [2.05, 4.69) is 25.5 Å². The van der Waals surface area contributed by atoms with Crippen molar-refractivity contribution in [2.75, 3.05) is 45.2 Å². The number of pyridine rings is 3. The van der Waals surface area contributed by atoms with Gasteiger partial charge in [0.2, 0.25) is 0 Å². The topological polar surface area (TPSA) is 120 Å². The van der Waals surface area contributed by atoms with Crippen molar-refractivity contribution in [3.8, 4) is 11.5 Å². The molecule has 2 aliphatic heterocycles. The van der Waals surface area contributed by atoms with Crippen LogP contribution in [0.2, 0.25) is 0 Å². The summed E-state index contributed by atoms with van der Waals surface area (Å²) in [6, 6.07) is 7.05. The van der Waals surface area contributed by atoms with Gasteiger partial charge in [0, 0.05) is 51.4 Å². The normalized spacial score (nSPS) is 16.0. The van der Waals surface area contributed by atoms with Crippen molar-refractivity contribution in [3.05, 3.63) is 52.7 Å². The van der Waals surface area contributed by atoms with Gasteiger partial charge in [-0.15, -0.1) is 0 Å². The zero-order chi connectivity index (χ0) is 24.9. The van der Waals surface area contributed by atoms with E-state index in [4.69, 9.17) is 14.2 Å². The molecule has 5 rings (SSSR count). The van der Waals surface area contributed by atoms with Crippen molar-refractivity contribution in [1.29, 1.82) is 0 Å². The number of nitrogens with zero attached hydrogens (tertiary/aromatic N) is 4. The number of carbonyl (C=O) groups is 1. The summed E-state index contributed by atoms with van der Waals surface area (Å²) < 4.78 is 18.1. The molecular formula is C25H30N6O5. The van der Waals surface area contributed by atoms with Gasteiger partial charge in [0.1, 0.15) is 19.8 Å². The van der Waals surface area contributed by atoms with Crippen molar-refractivity contribution < 1.29 is 19.0 Å². The molecule has 0 unspecified atom stereocenters. The first kappa shape index (κ1) is 23.9. The minimum absolute atomic E-state index is 0.0376. The van der Waals surface area contributed by atoms with E-state index in [0.29, 0.717) is 37.0 Å². The number of anilines is 1. The Morgan fingerprint density at radius 3 is 2.69 bits per heavy atom. The Morgan fingerprint density at radius 2 is 1.89 bits per heavy atom. The van der Waals surface area contributed by atoms with Gasteiger partial charge in [-0.2, -0.15) is 0 Å². The first-order valence-electron chi connectivity index (χ1n) is 12.2. The minimum Gasteiger partial charge on any atom is -0.486 e. The van der Waals surface area contributed by atoms with Gasteiger partial charge in [0.25, 0.3) is 5.56 Å². The molecule has 1 saturated heterocycles. The van der Waals surface area contributed by atoms with E-state index in [1.54, 1.807) is 35.2 Å². The smallest absolute Gasteiger partial charge is 0.407 e. The minimum atomic E-state index is -0.458. The van der Waals surface area contributed by atoms with Crippen LogP contribution in [0.15, 0.2) is 41.5 Å². The fraction of sp³-hybridized carbons (Fsp3) is 0.440. The number of likely N-dealkylation sites (tertiary alicyclic amines) is 1. The molecule has 1 amide bonds. The number of hydrogen-bond acceptors (Lipinski definition) is 9. The van der Waals surface area contributed by atoms with E-state index in [1.807, 2.05) is 13.1 Å². The monoisotopic (exact) mass is 494 g/mol. The molecule has 2 N–H and O–H groups in total. The molecule has 0 aromatic carbocycles. The van der Waals surface area contributed by atoms with Crippen LogP contribution in [-0.4, -0.2) is 71.5 Å². The molecule has 36 heavy (non-hydrogen) atoms. The van der Waals surface area contributed by atoms with Gasteiger partial charge in [-0.1, -0.05) is 0 Å². The van der Waals surface area contributed by atoms with Gasteiger partial charge in [-0.05, 0) is 25.0 Å². The molecule has 1 fully saturated rings. The van der Waals surface area contributed by atoms with Gasteiger partial charge in [-0.3, -0.25) is 14.8 Å². The largest absolute Gasteiger partial charge is 0.486 e. The summed E-state index contributed by atoms with van der Waals surface area (Å²) in [7, 11) is 1.83. The lowest BCUT2D eigenvalue weighted by Crippen LogP contribution is -2.45. The number of ether oxygens (including phenoxy) is 3. The van der Waals surface area contributed by atoms with Crippen LogP contribution in [0.5, 0.6) is 11.5 Å². The molecule has 190 valence electrons. The van der Waals surface area contributed by atoms with E-state index >= 15 is 0 Å². The van der Waals surface area contributed by atoms with Crippen LogP contribution in [0.4, 0.5) is 10.5 Å². The maximum absolute atomic E-state index is 12.5. The highest BCUT2D eigenvalue weighted by Gasteiger charge is 2.22. The standard InChI is InChI=1S/C25H30N6O5/c1-26-18-12-21-20(28-14-18)2-3-24(32)31(21)9-8-30-6-4-17(5-7-30)29-25(33)36-16-19-13-22-23(15-27-19)35-11-10-34-22/h2-3,12-15,17,26H,4-11,16H2,1H3,(H,29,33). The Morgan fingerprint density at radius 1 is 1.08 bits per heavy atom. The van der Waals surface area contributed by atoms with Crippen LogP contribution in [0.3, 0.4) is 0 Å². The second-order valence-electron chi connectivity index (χ2n) is 8.86. The van der Waals surface area contributed by atoms with Gasteiger partial charge >= 0.3 is 6.09 Å². The number of nitrogens with one attached hydrogen (secondary N) is 2. The first-order chi connectivity index (χ1) is 17.6. The Bertz CT molecular complexity index is 1290. The molecular weight excluding hydrogens is 464 g/mol. The molecule has 5 heterocycles. The summed E-state index contributed by atoms with van der Waals surface area (Å²) in [5.74, 6) is 1.22. The van der Waals surface area contributed by atoms with E-state index in [-0.39, 0.29) is 18.2 Å². The highest BCUT2D eigenvalue weighted by atomic mass is 16.6. The lowest BCUT2D eigenvalue weighted by molar-refractivity contribution is 0.124. The van der Waals surface area contributed by atoms with Crippen LogP contribution in [-0.2, 0) is 17.9 Å². The van der Waals surface area contributed by atoms with Crippen molar-refractivity contribution in [2.24, 2.45) is 0 Å². The van der Waals surface area contributed by atoms with E-state index in [0.717, 1.165) is 49.2 Å². The number of carbonyl (C=O) groups excluding carboxylic acids is 1. The quantitative estimate of drug-likeness (QED) is 0.508. The number of piperidine rings is 1. The van der Waals surface area contributed by atoms with E-state index in [9.17, 15) is 9.59 Å². The van der Waals surface area contributed by atoms with Gasteiger partial charge in [0.05, 0.1) is 34.8 Å². The van der Waals surface area contributed by atoms with Gasteiger partial charge in [-0.25, -0.2) is 4.79 Å². The molecule has 0 aliphatic carbocycles. The Kier molecular flexibility index (Phi) is 7.17. The first-order valence-corrected chi connectivity index (χ1v) is 12.2. The zero-order valence-electron chi connectivity index (χ0n) is 20.2. The fourth-order valence-corrected chi connectivity index (χ4v) is 4.49. The Labute approximate surface area is 208 Å². The molecule has 0 atom stereocenters. The number of amides is 1. The molecule has 0 bridgehead atoms. The predicted octanol–water partition coefficient (Wildman–Crippen LogP) is 2.00. The molecule has 0 radical (unpaired) electrons. The summed E-state index contributed by atoms with van der Waals surface area (Å²) in [5, 5.41) is 6.02. The second kappa shape index (κ2) is 10.8. The molecule has 0 saturated carbocycles. The van der Waals surface area contributed by atoms with Gasteiger partial charge < -0.3 is 34.3 Å². The number of fused-ring (bicyclic) bond motifs is 2. The average molecular weight is 495 g/mol. The SMILES string of the molecule is CNc1cnc2ccc(=O)n(CCN3CCC(NC(=O)OCc4cc5c(cn4)OCCO5)CC3)c2c1. The van der Waals surface area contributed by atoms with Crippen LogP contribution in [0.25, 0.3) is 11.0 Å². The average Bonchev–Trinajstić information content (AvgIpc) is 2.91.